The standard InChI is InChI=1S/C39H77N2O7P/c1-6-8-10-12-14-16-18-20-22-24-26-28-30-32-38(43)40-36(35-48-49(45,46)47-34-33-41(3,4)5)39(44)37(42)31-29-27-25-23-21-19-17-15-13-11-9-7-2/h15,17,23,25,36-37,39,42,44H,6-14,16,18-22,24,26-35H2,1-5H3,(H-,40,43,45,46)/p+1/b17-15+,25-23+. The molecular formula is C39H78N2O7P+. The number of quaternary nitrogens is 1. The van der Waals surface area contributed by atoms with Crippen molar-refractivity contribution in [2.24, 2.45) is 0 Å². The van der Waals surface area contributed by atoms with E-state index >= 15 is 0 Å². The van der Waals surface area contributed by atoms with Crippen molar-refractivity contribution >= 4 is 13.7 Å². The fraction of sp³-hybridized carbons (Fsp3) is 0.872. The van der Waals surface area contributed by atoms with Crippen LogP contribution in [0, 0.1) is 0 Å². The molecule has 10 heteroatoms. The quantitative estimate of drug-likeness (QED) is 0.0223. The van der Waals surface area contributed by atoms with Crippen molar-refractivity contribution in [3.05, 3.63) is 24.3 Å². The van der Waals surface area contributed by atoms with Crippen LogP contribution < -0.4 is 5.32 Å². The van der Waals surface area contributed by atoms with Gasteiger partial charge in [-0.25, -0.2) is 4.57 Å². The number of nitrogens with one attached hydrogen (secondary N) is 1. The molecule has 0 rings (SSSR count). The van der Waals surface area contributed by atoms with Crippen molar-refractivity contribution in [2.45, 2.75) is 180 Å². The summed E-state index contributed by atoms with van der Waals surface area (Å²) in [6, 6.07) is -1.05. The Balaban J connectivity index is 4.66. The lowest BCUT2D eigenvalue weighted by atomic mass is 10.0. The average Bonchev–Trinajstić information content (AvgIpc) is 3.04. The van der Waals surface area contributed by atoms with Gasteiger partial charge in [0.15, 0.2) is 0 Å². The van der Waals surface area contributed by atoms with Crippen molar-refractivity contribution < 1.29 is 38.0 Å². The Labute approximate surface area is 301 Å². The molecule has 0 bridgehead atoms. The molecule has 0 aromatic carbocycles. The molecule has 0 aliphatic carbocycles. The Kier molecular flexibility index (Phi) is 31.0. The predicted octanol–water partition coefficient (Wildman–Crippen LogP) is 9.16. The summed E-state index contributed by atoms with van der Waals surface area (Å²) in [5, 5.41) is 24.5. The van der Waals surface area contributed by atoms with Gasteiger partial charge in [0.25, 0.3) is 0 Å². The summed E-state index contributed by atoms with van der Waals surface area (Å²) in [6.07, 6.45) is 30.9. The number of likely N-dealkylation sites (N-methyl/N-ethyl adjacent to an activating group) is 1. The molecule has 0 aromatic rings. The summed E-state index contributed by atoms with van der Waals surface area (Å²) in [4.78, 5) is 23.0. The van der Waals surface area contributed by atoms with Gasteiger partial charge in [-0.3, -0.25) is 13.8 Å². The van der Waals surface area contributed by atoms with Gasteiger partial charge in [0.05, 0.1) is 39.9 Å². The second-order valence-corrected chi connectivity index (χ2v) is 16.2. The molecule has 0 fully saturated rings. The third-order valence-electron chi connectivity index (χ3n) is 8.77. The van der Waals surface area contributed by atoms with E-state index in [1.165, 1.54) is 83.5 Å². The van der Waals surface area contributed by atoms with E-state index in [1.54, 1.807) is 0 Å². The van der Waals surface area contributed by atoms with Crippen LogP contribution in [0.4, 0.5) is 0 Å². The first-order valence-corrected chi connectivity index (χ1v) is 21.3. The first kappa shape index (κ1) is 47.9. The number of phosphoric acid groups is 1. The van der Waals surface area contributed by atoms with Crippen LogP contribution in [0.3, 0.4) is 0 Å². The lowest BCUT2D eigenvalue weighted by Gasteiger charge is -2.28. The molecule has 290 valence electrons. The van der Waals surface area contributed by atoms with Gasteiger partial charge in [0, 0.05) is 6.42 Å². The molecule has 1 amide bonds. The van der Waals surface area contributed by atoms with Crippen LogP contribution >= 0.6 is 7.82 Å². The highest BCUT2D eigenvalue weighted by atomic mass is 31.2. The number of unbranched alkanes of at least 4 members (excludes halogenated alkanes) is 17. The Morgan fingerprint density at radius 3 is 1.69 bits per heavy atom. The molecule has 0 aliphatic rings. The molecule has 0 saturated heterocycles. The number of phosphoric ester groups is 1. The first-order valence-electron chi connectivity index (χ1n) is 19.8. The van der Waals surface area contributed by atoms with Gasteiger partial charge in [-0.1, -0.05) is 128 Å². The summed E-state index contributed by atoms with van der Waals surface area (Å²) in [7, 11) is 1.41. The van der Waals surface area contributed by atoms with Crippen molar-refractivity contribution in [3.63, 3.8) is 0 Å². The molecule has 9 nitrogen and oxygen atoms in total. The number of amides is 1. The van der Waals surface area contributed by atoms with Crippen molar-refractivity contribution in [1.82, 2.24) is 5.32 Å². The monoisotopic (exact) mass is 718 g/mol. The minimum absolute atomic E-state index is 0.0152. The molecule has 4 N–H and O–H groups in total. The smallest absolute Gasteiger partial charge is 0.390 e. The number of carbonyl (C=O) groups is 1. The second-order valence-electron chi connectivity index (χ2n) is 14.8. The van der Waals surface area contributed by atoms with Crippen molar-refractivity contribution in [3.8, 4) is 0 Å². The molecule has 4 atom stereocenters. The number of rotatable bonds is 35. The van der Waals surface area contributed by atoms with E-state index in [2.05, 4.69) is 43.5 Å². The zero-order valence-electron chi connectivity index (χ0n) is 32.3. The Bertz CT molecular complexity index is 878. The highest BCUT2D eigenvalue weighted by Crippen LogP contribution is 2.43. The third-order valence-corrected chi connectivity index (χ3v) is 9.76. The molecule has 0 aromatic heterocycles. The number of aliphatic hydroxyl groups excluding tert-OH is 2. The Hall–Kier alpha value is -1.06. The van der Waals surface area contributed by atoms with E-state index in [0.717, 1.165) is 44.9 Å². The number of carbonyl (C=O) groups excluding carboxylic acids is 1. The Morgan fingerprint density at radius 1 is 0.694 bits per heavy atom. The van der Waals surface area contributed by atoms with Crippen LogP contribution in [0.25, 0.3) is 0 Å². The highest BCUT2D eigenvalue weighted by molar-refractivity contribution is 7.47. The van der Waals surface area contributed by atoms with Gasteiger partial charge in [-0.2, -0.15) is 0 Å². The topological polar surface area (TPSA) is 125 Å². The summed E-state index contributed by atoms with van der Waals surface area (Å²) in [5.74, 6) is -0.274. The van der Waals surface area contributed by atoms with E-state index < -0.39 is 32.7 Å². The lowest BCUT2D eigenvalue weighted by molar-refractivity contribution is -0.870. The van der Waals surface area contributed by atoms with Crippen molar-refractivity contribution in [2.75, 3.05) is 40.9 Å². The van der Waals surface area contributed by atoms with Gasteiger partial charge >= 0.3 is 7.82 Å². The normalized spacial score (nSPS) is 15.5. The fourth-order valence-electron chi connectivity index (χ4n) is 5.51. The lowest BCUT2D eigenvalue weighted by Crippen LogP contribution is -2.51. The number of allylic oxidation sites excluding steroid dienone is 4. The molecule has 49 heavy (non-hydrogen) atoms. The van der Waals surface area contributed by atoms with E-state index in [9.17, 15) is 24.5 Å². The third kappa shape index (κ3) is 32.6. The zero-order chi connectivity index (χ0) is 36.6. The maximum absolute atomic E-state index is 12.8. The summed E-state index contributed by atoms with van der Waals surface area (Å²) in [6.45, 7) is 4.52. The average molecular weight is 718 g/mol. The number of hydrogen-bond donors (Lipinski definition) is 4. The van der Waals surface area contributed by atoms with Gasteiger partial charge < -0.3 is 24.9 Å². The maximum atomic E-state index is 12.8. The number of aliphatic hydroxyl groups is 2. The van der Waals surface area contributed by atoms with Gasteiger partial charge in [-0.05, 0) is 51.4 Å². The molecular weight excluding hydrogens is 639 g/mol. The summed E-state index contributed by atoms with van der Waals surface area (Å²) >= 11 is 0. The molecule has 0 radical (unpaired) electrons. The molecule has 0 saturated carbocycles. The predicted molar refractivity (Wildman–Crippen MR) is 204 cm³/mol. The van der Waals surface area contributed by atoms with Crippen LogP contribution in [0.5, 0.6) is 0 Å². The van der Waals surface area contributed by atoms with Gasteiger partial charge in [-0.15, -0.1) is 0 Å². The summed E-state index contributed by atoms with van der Waals surface area (Å²) in [5.41, 5.74) is 0. The molecule has 0 aliphatic heterocycles. The minimum Gasteiger partial charge on any atom is -0.390 e. The van der Waals surface area contributed by atoms with E-state index in [4.69, 9.17) is 9.05 Å². The van der Waals surface area contributed by atoms with Gasteiger partial charge in [0.1, 0.15) is 19.3 Å². The molecule has 4 unspecified atom stereocenters. The van der Waals surface area contributed by atoms with Crippen LogP contribution in [-0.4, -0.2) is 84.6 Å². The number of hydrogen-bond acceptors (Lipinski definition) is 6. The summed E-state index contributed by atoms with van der Waals surface area (Å²) < 4.78 is 23.4. The van der Waals surface area contributed by atoms with Crippen LogP contribution in [0.1, 0.15) is 162 Å². The minimum atomic E-state index is -4.41. The van der Waals surface area contributed by atoms with E-state index in [0.29, 0.717) is 23.9 Å². The highest BCUT2D eigenvalue weighted by Gasteiger charge is 2.31. The van der Waals surface area contributed by atoms with E-state index in [-0.39, 0.29) is 18.9 Å². The SMILES string of the molecule is CCCCC/C=C/CC/C=C/CCCC(O)C(O)C(COP(=O)(O)OCC[N+](C)(C)C)NC(=O)CCCCCCCCCCCCCCC. The van der Waals surface area contributed by atoms with E-state index in [1.807, 2.05) is 21.1 Å². The zero-order valence-corrected chi connectivity index (χ0v) is 33.2. The largest absolute Gasteiger partial charge is 0.472 e. The van der Waals surface area contributed by atoms with Gasteiger partial charge in [0.2, 0.25) is 5.91 Å². The second kappa shape index (κ2) is 31.7. The number of nitrogens with zero attached hydrogens (tertiary/aromatic N) is 1. The Morgan fingerprint density at radius 2 is 1.16 bits per heavy atom. The molecule has 0 heterocycles. The first-order chi connectivity index (χ1) is 23.4. The fourth-order valence-corrected chi connectivity index (χ4v) is 6.25. The van der Waals surface area contributed by atoms with Crippen LogP contribution in [-0.2, 0) is 18.4 Å². The van der Waals surface area contributed by atoms with Crippen LogP contribution in [0.2, 0.25) is 0 Å². The molecule has 0 spiro atoms. The maximum Gasteiger partial charge on any atom is 0.472 e. The van der Waals surface area contributed by atoms with Crippen LogP contribution in [0.15, 0.2) is 24.3 Å². The van der Waals surface area contributed by atoms with Crippen molar-refractivity contribution in [1.29, 1.82) is 0 Å².